The summed E-state index contributed by atoms with van der Waals surface area (Å²) in [5.41, 5.74) is -3.86. The third kappa shape index (κ3) is 2.30. The van der Waals surface area contributed by atoms with Gasteiger partial charge in [0.25, 0.3) is 0 Å². The molecule has 0 amide bonds. The van der Waals surface area contributed by atoms with Crippen LogP contribution in [0.25, 0.3) is 0 Å². The molecule has 1 aliphatic heterocycles. The molecule has 0 aromatic heterocycles. The Hall–Kier alpha value is -0.233. The van der Waals surface area contributed by atoms with Gasteiger partial charge in [0, 0.05) is 0 Å². The predicted molar refractivity (Wildman–Crippen MR) is 51.8 cm³/mol. The van der Waals surface area contributed by atoms with Crippen molar-refractivity contribution in [2.24, 2.45) is 5.10 Å². The van der Waals surface area contributed by atoms with Gasteiger partial charge in [0.2, 0.25) is 0 Å². The molecular weight excluding hydrogens is 254 g/mol. The van der Waals surface area contributed by atoms with Crippen molar-refractivity contribution in [1.82, 2.24) is 5.20 Å². The molecule has 0 radical (unpaired) electrons. The zero-order valence-electron chi connectivity index (χ0n) is 8.28. The fraction of sp³-hybridized carbons (Fsp3) is 0.833. The number of hydrazone groups is 1. The molecule has 0 bridgehead atoms. The summed E-state index contributed by atoms with van der Waals surface area (Å²) in [6.45, 7) is 4.61. The Morgan fingerprint density at radius 3 is 1.93 bits per heavy atom. The Balaban J connectivity index is 3.03. The molecule has 1 N–H and O–H groups in total. The van der Waals surface area contributed by atoms with E-state index in [2.05, 4.69) is 5.10 Å². The van der Waals surface area contributed by atoms with Crippen molar-refractivity contribution in [2.75, 3.05) is 0 Å². The van der Waals surface area contributed by atoms with Crippen LogP contribution in [-0.2, 0) is 0 Å². The Labute approximate surface area is 85.7 Å². The topological polar surface area (TPSA) is 24.4 Å². The molecule has 88 valence electrons. The molecule has 1 unspecified atom stereocenters. The SMILES string of the molecule is C[Si](C)(C)C1=NNP(C(F)(F)F)C1(F)F. The van der Waals surface area contributed by atoms with E-state index in [0.29, 0.717) is 0 Å². The molecule has 1 aliphatic rings. The summed E-state index contributed by atoms with van der Waals surface area (Å²) in [5, 5.41) is 4.15. The van der Waals surface area contributed by atoms with E-state index in [1.165, 1.54) is 19.6 Å². The van der Waals surface area contributed by atoms with Gasteiger partial charge in [0.1, 0.15) is 8.07 Å². The third-order valence-corrected chi connectivity index (χ3v) is 5.43. The first-order chi connectivity index (χ1) is 6.47. The lowest BCUT2D eigenvalue weighted by Gasteiger charge is -2.25. The van der Waals surface area contributed by atoms with E-state index >= 15 is 0 Å². The molecule has 0 saturated heterocycles. The Kier molecular flexibility index (Phi) is 2.89. The van der Waals surface area contributed by atoms with Crippen molar-refractivity contribution >= 4 is 21.5 Å². The molecule has 0 fully saturated rings. The lowest BCUT2D eigenvalue weighted by molar-refractivity contribution is -0.0477. The van der Waals surface area contributed by atoms with Gasteiger partial charge in [-0.25, -0.2) is 0 Å². The van der Waals surface area contributed by atoms with Gasteiger partial charge >= 0.3 is 11.6 Å². The molecule has 1 rings (SSSR count). The van der Waals surface area contributed by atoms with Crippen LogP contribution in [0.3, 0.4) is 0 Å². The zero-order chi connectivity index (χ0) is 12.1. The van der Waals surface area contributed by atoms with Crippen LogP contribution >= 0.6 is 8.07 Å². The van der Waals surface area contributed by atoms with Gasteiger partial charge in [-0.05, 0) is 0 Å². The van der Waals surface area contributed by atoms with Crippen LogP contribution in [0, 0.1) is 0 Å². The molecule has 1 atom stereocenters. The quantitative estimate of drug-likeness (QED) is 0.438. The Morgan fingerprint density at radius 2 is 1.73 bits per heavy atom. The average molecular weight is 264 g/mol. The maximum atomic E-state index is 13.4. The lowest BCUT2D eigenvalue weighted by atomic mass is 10.7. The number of nitrogens with zero attached hydrogens (tertiary/aromatic N) is 1. The van der Waals surface area contributed by atoms with Crippen LogP contribution < -0.4 is 5.20 Å². The molecule has 0 aromatic rings. The number of halogens is 5. The van der Waals surface area contributed by atoms with Crippen molar-refractivity contribution in [2.45, 2.75) is 31.2 Å². The molecule has 0 aromatic carbocycles. The molecule has 1 heterocycles. The van der Waals surface area contributed by atoms with E-state index in [-0.39, 0.29) is 0 Å². The minimum Gasteiger partial charge on any atom is -0.275 e. The minimum absolute atomic E-state index is 0.599. The van der Waals surface area contributed by atoms with Gasteiger partial charge in [-0.2, -0.15) is 27.1 Å². The Morgan fingerprint density at radius 1 is 1.27 bits per heavy atom. The molecular formula is C6H10F5N2PSi. The summed E-state index contributed by atoms with van der Waals surface area (Å²) in [7, 11) is -6.11. The lowest BCUT2D eigenvalue weighted by Crippen LogP contribution is -2.44. The fourth-order valence-corrected chi connectivity index (χ4v) is 4.92. The molecule has 0 aliphatic carbocycles. The largest absolute Gasteiger partial charge is 0.431 e. The fourth-order valence-electron chi connectivity index (χ4n) is 1.17. The summed E-state index contributed by atoms with van der Waals surface area (Å²) in [6.07, 6.45) is 0. The van der Waals surface area contributed by atoms with Crippen LogP contribution in [0.15, 0.2) is 5.10 Å². The maximum absolute atomic E-state index is 13.4. The normalized spacial score (nSPS) is 26.1. The molecule has 2 nitrogen and oxygen atoms in total. The summed E-state index contributed by atoms with van der Waals surface area (Å²) >= 11 is 0. The van der Waals surface area contributed by atoms with Crippen molar-refractivity contribution in [3.8, 4) is 0 Å². The highest BCUT2D eigenvalue weighted by Gasteiger charge is 2.64. The van der Waals surface area contributed by atoms with E-state index < -0.39 is 33.1 Å². The smallest absolute Gasteiger partial charge is 0.275 e. The number of hydrogen-bond donors (Lipinski definition) is 1. The van der Waals surface area contributed by atoms with E-state index in [1.54, 1.807) is 5.20 Å². The van der Waals surface area contributed by atoms with Crippen molar-refractivity contribution in [3.63, 3.8) is 0 Å². The first-order valence-corrected chi connectivity index (χ1v) is 8.90. The first-order valence-electron chi connectivity index (χ1n) is 4.06. The van der Waals surface area contributed by atoms with Crippen LogP contribution in [0.2, 0.25) is 19.6 Å². The average Bonchev–Trinajstić information content (AvgIpc) is 2.21. The van der Waals surface area contributed by atoms with Gasteiger partial charge < -0.3 is 0 Å². The van der Waals surface area contributed by atoms with E-state index in [9.17, 15) is 22.0 Å². The summed E-state index contributed by atoms with van der Waals surface area (Å²) < 4.78 is 63.6. The van der Waals surface area contributed by atoms with Crippen LogP contribution in [0.4, 0.5) is 22.0 Å². The maximum Gasteiger partial charge on any atom is 0.431 e. The van der Waals surface area contributed by atoms with E-state index in [4.69, 9.17) is 0 Å². The predicted octanol–water partition coefficient (Wildman–Crippen LogP) is 3.33. The van der Waals surface area contributed by atoms with Gasteiger partial charge in [0.05, 0.1) is 5.33 Å². The number of alkyl halides is 5. The highest BCUT2D eigenvalue weighted by atomic mass is 31.1. The van der Waals surface area contributed by atoms with Gasteiger partial charge in [0.15, 0.2) is 8.07 Å². The van der Waals surface area contributed by atoms with Crippen molar-refractivity contribution in [1.29, 1.82) is 0 Å². The van der Waals surface area contributed by atoms with E-state index in [1.807, 2.05) is 0 Å². The monoisotopic (exact) mass is 264 g/mol. The van der Waals surface area contributed by atoms with E-state index in [0.717, 1.165) is 0 Å². The zero-order valence-corrected chi connectivity index (χ0v) is 10.2. The summed E-state index contributed by atoms with van der Waals surface area (Å²) in [6, 6.07) is 0. The number of hydrogen-bond acceptors (Lipinski definition) is 2. The minimum atomic E-state index is -4.93. The van der Waals surface area contributed by atoms with Gasteiger partial charge in [-0.3, -0.25) is 5.20 Å². The van der Waals surface area contributed by atoms with Crippen LogP contribution in [-0.4, -0.2) is 25.0 Å². The second-order valence-corrected chi connectivity index (χ2v) is 11.1. The second kappa shape index (κ2) is 3.38. The standard InChI is InChI=1S/C6H10F5N2PSi/c1-15(2,3)4-5(7,8)14(13-12-4)6(9,10)11/h13H,1-3H3. The second-order valence-electron chi connectivity index (χ2n) is 4.15. The molecule has 0 saturated carbocycles. The van der Waals surface area contributed by atoms with Crippen molar-refractivity contribution < 1.29 is 22.0 Å². The number of rotatable bonds is 1. The molecule has 9 heteroatoms. The van der Waals surface area contributed by atoms with Crippen molar-refractivity contribution in [3.05, 3.63) is 0 Å². The first kappa shape index (κ1) is 12.8. The van der Waals surface area contributed by atoms with Gasteiger partial charge in [-0.1, -0.05) is 19.6 Å². The third-order valence-electron chi connectivity index (χ3n) is 1.79. The van der Waals surface area contributed by atoms with Crippen LogP contribution in [0.1, 0.15) is 0 Å². The Bertz CT molecular complexity index is 295. The highest BCUT2D eigenvalue weighted by molar-refractivity contribution is 7.60. The summed E-state index contributed by atoms with van der Waals surface area (Å²) in [5.74, 6) is -4.93. The number of nitrogens with one attached hydrogen (secondary N) is 1. The summed E-state index contributed by atoms with van der Waals surface area (Å²) in [4.78, 5) is 0. The van der Waals surface area contributed by atoms with Gasteiger partial charge in [-0.15, -0.1) is 0 Å². The highest BCUT2D eigenvalue weighted by Crippen LogP contribution is 2.64. The molecule has 15 heavy (non-hydrogen) atoms. The molecule has 0 spiro atoms. The van der Waals surface area contributed by atoms with Crippen LogP contribution in [0.5, 0.6) is 0 Å².